The van der Waals surface area contributed by atoms with Gasteiger partial charge in [-0.15, -0.1) is 0 Å². The summed E-state index contributed by atoms with van der Waals surface area (Å²) in [5.41, 5.74) is -0.0828. The average molecular weight is 709 g/mol. The Balaban J connectivity index is 1.12. The van der Waals surface area contributed by atoms with Gasteiger partial charge in [0.1, 0.15) is 0 Å². The van der Waals surface area contributed by atoms with Crippen LogP contribution in [0.25, 0.3) is 0 Å². The quantitative estimate of drug-likeness (QED) is 0.168. The number of anilines is 4. The van der Waals surface area contributed by atoms with E-state index in [0.29, 0.717) is 31.0 Å². The van der Waals surface area contributed by atoms with Crippen molar-refractivity contribution in [2.24, 2.45) is 0 Å². The molecular formula is C36H34F6N4S2. The van der Waals surface area contributed by atoms with Gasteiger partial charge in [0.2, 0.25) is 0 Å². The zero-order chi connectivity index (χ0) is 40.6. The number of rotatable bonds is 8. The van der Waals surface area contributed by atoms with Gasteiger partial charge in [-0.1, -0.05) is 47.8 Å². The zero-order valence-corrected chi connectivity index (χ0v) is 26.8. The molecule has 0 bridgehead atoms. The highest BCUT2D eigenvalue weighted by atomic mass is 32.2. The molecule has 0 N–H and O–H groups in total. The van der Waals surface area contributed by atoms with Crippen molar-refractivity contribution in [2.45, 2.75) is 44.8 Å². The Morgan fingerprint density at radius 2 is 0.875 bits per heavy atom. The van der Waals surface area contributed by atoms with Gasteiger partial charge in [0.25, 0.3) is 0 Å². The molecule has 7 rings (SSSR count). The molecule has 0 radical (unpaired) electrons. The number of nitrogens with zero attached hydrogens (tertiary/aromatic N) is 4. The van der Waals surface area contributed by atoms with Gasteiger partial charge in [0, 0.05) is 69.6 Å². The van der Waals surface area contributed by atoms with Crippen LogP contribution in [0.1, 0.15) is 34.9 Å². The van der Waals surface area contributed by atoms with E-state index in [1.54, 1.807) is 58.3 Å². The summed E-state index contributed by atoms with van der Waals surface area (Å²) < 4.78 is 154. The zero-order valence-electron chi connectivity index (χ0n) is 33.2. The Bertz CT molecular complexity index is 1960. The summed E-state index contributed by atoms with van der Waals surface area (Å²) in [7, 11) is 0. The maximum absolute atomic E-state index is 13.7. The molecule has 1 saturated heterocycles. The van der Waals surface area contributed by atoms with Gasteiger partial charge in [0.15, 0.2) is 0 Å². The number of fused-ring (bicyclic) bond motifs is 4. The first-order valence-corrected chi connectivity index (χ1v) is 16.8. The lowest BCUT2D eigenvalue weighted by Crippen LogP contribution is -2.47. The van der Waals surface area contributed by atoms with E-state index in [2.05, 4.69) is 0 Å². The topological polar surface area (TPSA) is 13.0 Å². The van der Waals surface area contributed by atoms with E-state index in [9.17, 15) is 26.3 Å². The van der Waals surface area contributed by atoms with Crippen molar-refractivity contribution in [3.8, 4) is 0 Å². The Labute approximate surface area is 295 Å². The molecule has 0 spiro atoms. The molecule has 4 nitrogen and oxygen atoms in total. The first kappa shape index (κ1) is 24.8. The van der Waals surface area contributed by atoms with Crippen molar-refractivity contribution in [3.05, 3.63) is 96.1 Å². The van der Waals surface area contributed by atoms with Crippen LogP contribution in [0.4, 0.5) is 49.1 Å². The van der Waals surface area contributed by atoms with Gasteiger partial charge in [-0.3, -0.25) is 0 Å². The molecule has 4 aromatic carbocycles. The van der Waals surface area contributed by atoms with Crippen molar-refractivity contribution in [1.82, 2.24) is 9.80 Å². The third-order valence-electron chi connectivity index (χ3n) is 8.07. The summed E-state index contributed by atoms with van der Waals surface area (Å²) in [5, 5.41) is 0. The Morgan fingerprint density at radius 1 is 0.500 bits per heavy atom. The van der Waals surface area contributed by atoms with Crippen LogP contribution < -0.4 is 9.80 Å². The molecule has 48 heavy (non-hydrogen) atoms. The normalized spacial score (nSPS) is 23.4. The lowest BCUT2D eigenvalue weighted by Gasteiger charge is -2.37. The number of hydrogen-bond donors (Lipinski definition) is 0. The molecular weight excluding hydrogens is 667 g/mol. The minimum Gasteiger partial charge on any atom is -0.340 e. The van der Waals surface area contributed by atoms with E-state index in [4.69, 9.17) is 11.0 Å². The van der Waals surface area contributed by atoms with Gasteiger partial charge in [-0.05, 0) is 86.6 Å². The Hall–Kier alpha value is -3.32. The highest BCUT2D eigenvalue weighted by Gasteiger charge is 2.35. The number of alkyl halides is 6. The fraction of sp³-hybridized carbons (Fsp3) is 0.333. The SMILES string of the molecule is [2H]C1([2H])N(CCCN2c3ccccc3Sc3ccc(C(F)(F)F)cc32)C([2H])([2H])C([2H])([2H])N(CCCN2c3ccccc3Sc3ccc(C(F)(F)F)cc32)C1([2H])[2H]. The lowest BCUT2D eigenvalue weighted by molar-refractivity contribution is -0.138. The van der Waals surface area contributed by atoms with Crippen molar-refractivity contribution in [2.75, 3.05) is 62.0 Å². The van der Waals surface area contributed by atoms with Gasteiger partial charge in [-0.25, -0.2) is 0 Å². The second kappa shape index (κ2) is 13.5. The molecule has 0 atom stereocenters. The lowest BCUT2D eigenvalue weighted by atomic mass is 10.1. The molecule has 0 saturated carbocycles. The maximum Gasteiger partial charge on any atom is 0.416 e. The predicted molar refractivity (Wildman–Crippen MR) is 180 cm³/mol. The smallest absolute Gasteiger partial charge is 0.340 e. The molecule has 12 heteroatoms. The molecule has 0 aliphatic carbocycles. The molecule has 4 aromatic rings. The largest absolute Gasteiger partial charge is 0.416 e. The third-order valence-corrected chi connectivity index (χ3v) is 10.3. The first-order valence-electron chi connectivity index (χ1n) is 19.1. The van der Waals surface area contributed by atoms with Crippen LogP contribution in [-0.2, 0) is 12.4 Å². The van der Waals surface area contributed by atoms with E-state index < -0.39 is 62.6 Å². The molecule has 3 heterocycles. The molecule has 3 aliphatic rings. The minimum atomic E-state index is -4.62. The van der Waals surface area contributed by atoms with Gasteiger partial charge in [-0.2, -0.15) is 26.3 Å². The number of para-hydroxylation sites is 2. The fourth-order valence-electron chi connectivity index (χ4n) is 5.79. The fourth-order valence-corrected chi connectivity index (χ4v) is 7.94. The second-order valence-electron chi connectivity index (χ2n) is 11.3. The monoisotopic (exact) mass is 708 g/mol. The molecule has 0 amide bonds. The van der Waals surface area contributed by atoms with Crippen LogP contribution in [0.2, 0.25) is 0 Å². The second-order valence-corrected chi connectivity index (χ2v) is 13.4. The Kier molecular flexibility index (Phi) is 6.98. The van der Waals surface area contributed by atoms with Gasteiger partial charge in [0.05, 0.1) is 33.9 Å². The van der Waals surface area contributed by atoms with Crippen LogP contribution in [0.15, 0.2) is 105 Å². The van der Waals surface area contributed by atoms with Crippen LogP contribution in [0, 0.1) is 0 Å². The average Bonchev–Trinajstić information content (AvgIpc) is 3.12. The molecule has 0 aromatic heterocycles. The van der Waals surface area contributed by atoms with Crippen molar-refractivity contribution < 1.29 is 37.3 Å². The van der Waals surface area contributed by atoms with Gasteiger partial charge >= 0.3 is 12.4 Å². The molecule has 0 unspecified atom stereocenters. The summed E-state index contributed by atoms with van der Waals surface area (Å²) in [6.07, 6.45) is -9.43. The maximum atomic E-state index is 13.7. The first-order chi connectivity index (χ1) is 26.1. The van der Waals surface area contributed by atoms with E-state index in [1.165, 1.54) is 35.7 Å². The summed E-state index contributed by atoms with van der Waals surface area (Å²) in [4.78, 5) is 6.83. The van der Waals surface area contributed by atoms with Gasteiger partial charge < -0.3 is 19.6 Å². The van der Waals surface area contributed by atoms with Crippen molar-refractivity contribution in [3.63, 3.8) is 0 Å². The highest BCUT2D eigenvalue weighted by Crippen LogP contribution is 2.51. The highest BCUT2D eigenvalue weighted by molar-refractivity contribution is 8.00. The summed E-state index contributed by atoms with van der Waals surface area (Å²) in [5.74, 6) is 0. The minimum absolute atomic E-state index is 0.0304. The Morgan fingerprint density at radius 3 is 1.27 bits per heavy atom. The van der Waals surface area contributed by atoms with Crippen molar-refractivity contribution in [1.29, 1.82) is 0 Å². The molecule has 252 valence electrons. The van der Waals surface area contributed by atoms with E-state index in [-0.39, 0.29) is 37.3 Å². The predicted octanol–water partition coefficient (Wildman–Crippen LogP) is 10.0. The van der Waals surface area contributed by atoms with Crippen molar-refractivity contribution >= 4 is 46.3 Å². The standard InChI is InChI=1S/C36H34F6N4S2/c37-35(38,39)25-11-13-33-29(23-25)45(27-7-1-3-9-31(27)47-33)17-5-15-43-19-21-44(22-20-43)16-6-18-46-28-8-2-4-10-32(28)48-34-14-12-26(24-30(34)46)36(40,41)42/h1-4,7-14,23-24H,5-6,15-22H2/i19D2,20D2,21D2,22D2. The summed E-state index contributed by atoms with van der Waals surface area (Å²) >= 11 is 2.57. The summed E-state index contributed by atoms with van der Waals surface area (Å²) in [6, 6.07) is 20.8. The molecule has 1 fully saturated rings. The number of halogens is 6. The summed E-state index contributed by atoms with van der Waals surface area (Å²) in [6.45, 7) is -13.6. The third kappa shape index (κ3) is 7.03. The van der Waals surface area contributed by atoms with Crippen LogP contribution in [0.3, 0.4) is 0 Å². The van der Waals surface area contributed by atoms with E-state index in [0.717, 1.165) is 34.1 Å². The number of hydrogen-bond acceptors (Lipinski definition) is 6. The van der Waals surface area contributed by atoms with Crippen LogP contribution >= 0.6 is 23.5 Å². The number of piperazine rings is 1. The van der Waals surface area contributed by atoms with E-state index >= 15 is 0 Å². The molecule has 3 aliphatic heterocycles. The van der Waals surface area contributed by atoms with E-state index in [1.807, 2.05) is 0 Å². The number of benzene rings is 4. The van der Waals surface area contributed by atoms with Crippen LogP contribution in [0.5, 0.6) is 0 Å². The van der Waals surface area contributed by atoms with Crippen LogP contribution in [-0.4, -0.2) is 62.0 Å².